The number of aryl methyl sites for hydroxylation is 1. The van der Waals surface area contributed by atoms with Crippen LogP contribution in [0.2, 0.25) is 0 Å². The quantitative estimate of drug-likeness (QED) is 0.878. The normalized spacial score (nSPS) is 10.5. The first-order valence-electron chi connectivity index (χ1n) is 5.63. The first kappa shape index (κ1) is 13.8. The molecule has 0 atom stereocenters. The summed E-state index contributed by atoms with van der Waals surface area (Å²) in [6.45, 7) is 2.22. The zero-order chi connectivity index (χ0) is 14.0. The molecule has 0 saturated carbocycles. The van der Waals surface area contributed by atoms with Gasteiger partial charge < -0.3 is 10.4 Å². The predicted octanol–water partition coefficient (Wildman–Crippen LogP) is 4.35. The highest BCUT2D eigenvalue weighted by atomic mass is 79.9. The third-order valence-corrected chi connectivity index (χ3v) is 3.07. The van der Waals surface area contributed by atoms with E-state index >= 15 is 0 Å². The number of halogens is 3. The van der Waals surface area contributed by atoms with Crippen LogP contribution in [0.3, 0.4) is 0 Å². The zero-order valence-electron chi connectivity index (χ0n) is 10.2. The van der Waals surface area contributed by atoms with E-state index < -0.39 is 17.4 Å². The van der Waals surface area contributed by atoms with Gasteiger partial charge in [-0.1, -0.05) is 15.9 Å². The Hall–Kier alpha value is -1.62. The van der Waals surface area contributed by atoms with Gasteiger partial charge in [0.25, 0.3) is 0 Å². The van der Waals surface area contributed by atoms with Gasteiger partial charge in [0.1, 0.15) is 0 Å². The van der Waals surface area contributed by atoms with Crippen molar-refractivity contribution in [2.75, 3.05) is 5.32 Å². The third-order valence-electron chi connectivity index (χ3n) is 2.62. The number of phenols is 1. The lowest BCUT2D eigenvalue weighted by molar-refractivity contribution is 0.395. The van der Waals surface area contributed by atoms with Crippen molar-refractivity contribution in [3.05, 3.63) is 57.6 Å². The van der Waals surface area contributed by atoms with E-state index in [0.717, 1.165) is 27.9 Å². The van der Waals surface area contributed by atoms with Crippen molar-refractivity contribution in [2.45, 2.75) is 13.5 Å². The van der Waals surface area contributed by atoms with Crippen molar-refractivity contribution in [1.29, 1.82) is 0 Å². The van der Waals surface area contributed by atoms with E-state index in [-0.39, 0.29) is 6.54 Å². The second kappa shape index (κ2) is 5.57. The Morgan fingerprint density at radius 3 is 2.32 bits per heavy atom. The highest BCUT2D eigenvalue weighted by molar-refractivity contribution is 9.10. The molecule has 2 N–H and O–H groups in total. The van der Waals surface area contributed by atoms with Crippen LogP contribution in [0.25, 0.3) is 0 Å². The number of benzene rings is 2. The summed E-state index contributed by atoms with van der Waals surface area (Å²) >= 11 is 3.38. The van der Waals surface area contributed by atoms with Crippen molar-refractivity contribution in [3.8, 4) is 5.75 Å². The molecule has 0 fully saturated rings. The molecule has 0 aliphatic carbocycles. The molecular weight excluding hydrogens is 316 g/mol. The van der Waals surface area contributed by atoms with Crippen molar-refractivity contribution >= 4 is 21.6 Å². The van der Waals surface area contributed by atoms with E-state index in [4.69, 9.17) is 5.11 Å². The maximum atomic E-state index is 13.2. The van der Waals surface area contributed by atoms with E-state index in [2.05, 4.69) is 21.2 Å². The van der Waals surface area contributed by atoms with Crippen LogP contribution < -0.4 is 5.32 Å². The van der Waals surface area contributed by atoms with Gasteiger partial charge in [0.2, 0.25) is 0 Å². The van der Waals surface area contributed by atoms with Crippen LogP contribution in [0.4, 0.5) is 14.5 Å². The Morgan fingerprint density at radius 2 is 1.74 bits per heavy atom. The van der Waals surface area contributed by atoms with E-state index in [1.165, 1.54) is 0 Å². The molecule has 0 aromatic heterocycles. The Balaban J connectivity index is 2.14. The van der Waals surface area contributed by atoms with Crippen LogP contribution in [0.1, 0.15) is 11.1 Å². The number of hydrogen-bond acceptors (Lipinski definition) is 2. The highest BCUT2D eigenvalue weighted by Gasteiger charge is 2.09. The van der Waals surface area contributed by atoms with Crippen LogP contribution in [-0.2, 0) is 6.54 Å². The van der Waals surface area contributed by atoms with Gasteiger partial charge in [-0.3, -0.25) is 0 Å². The SMILES string of the molecule is Cc1cc(Br)cc(NCc2cc(F)c(O)c(F)c2)c1. The number of aromatic hydroxyl groups is 1. The molecule has 0 saturated heterocycles. The van der Waals surface area contributed by atoms with Gasteiger partial charge in [0.05, 0.1) is 0 Å². The van der Waals surface area contributed by atoms with Crippen molar-refractivity contribution in [2.24, 2.45) is 0 Å². The summed E-state index contributed by atoms with van der Waals surface area (Å²) in [6.07, 6.45) is 0. The molecule has 0 radical (unpaired) electrons. The summed E-state index contributed by atoms with van der Waals surface area (Å²) in [7, 11) is 0. The van der Waals surface area contributed by atoms with Gasteiger partial charge in [-0.05, 0) is 48.4 Å². The number of anilines is 1. The lowest BCUT2D eigenvalue weighted by atomic mass is 10.2. The molecule has 2 aromatic carbocycles. The second-order valence-electron chi connectivity index (χ2n) is 4.28. The summed E-state index contributed by atoms with van der Waals surface area (Å²) in [5.74, 6) is -2.86. The van der Waals surface area contributed by atoms with Crippen LogP contribution in [-0.4, -0.2) is 5.11 Å². The Labute approximate surface area is 118 Å². The lowest BCUT2D eigenvalue weighted by Crippen LogP contribution is -2.01. The monoisotopic (exact) mass is 327 g/mol. The number of nitrogens with one attached hydrogen (secondary N) is 1. The fraction of sp³-hybridized carbons (Fsp3) is 0.143. The fourth-order valence-electron chi connectivity index (χ4n) is 1.76. The van der Waals surface area contributed by atoms with Crippen LogP contribution in [0.15, 0.2) is 34.8 Å². The summed E-state index contributed by atoms with van der Waals surface area (Å²) in [5, 5.41) is 12.1. The average Bonchev–Trinajstić information content (AvgIpc) is 2.32. The minimum absolute atomic E-state index is 0.268. The van der Waals surface area contributed by atoms with Gasteiger partial charge in [0, 0.05) is 16.7 Å². The minimum atomic E-state index is -0.956. The molecule has 19 heavy (non-hydrogen) atoms. The van der Waals surface area contributed by atoms with Gasteiger partial charge in [-0.25, -0.2) is 8.78 Å². The molecule has 2 rings (SSSR count). The van der Waals surface area contributed by atoms with Crippen LogP contribution in [0.5, 0.6) is 5.75 Å². The van der Waals surface area contributed by atoms with Crippen LogP contribution >= 0.6 is 15.9 Å². The maximum absolute atomic E-state index is 13.2. The molecule has 2 nitrogen and oxygen atoms in total. The predicted molar refractivity (Wildman–Crippen MR) is 74.2 cm³/mol. The summed E-state index contributed by atoms with van der Waals surface area (Å²) in [5.41, 5.74) is 2.34. The zero-order valence-corrected chi connectivity index (χ0v) is 11.8. The Morgan fingerprint density at radius 1 is 1.11 bits per heavy atom. The molecule has 100 valence electrons. The molecule has 0 aliphatic heterocycles. The van der Waals surface area contributed by atoms with Crippen molar-refractivity contribution in [3.63, 3.8) is 0 Å². The van der Waals surface area contributed by atoms with E-state index in [9.17, 15) is 8.78 Å². The van der Waals surface area contributed by atoms with Crippen molar-refractivity contribution in [1.82, 2.24) is 0 Å². The van der Waals surface area contributed by atoms with E-state index in [1.54, 1.807) is 0 Å². The maximum Gasteiger partial charge on any atom is 0.187 e. The molecule has 0 unspecified atom stereocenters. The standard InChI is InChI=1S/C14H12BrF2NO/c1-8-2-10(15)6-11(3-8)18-7-9-4-12(16)14(19)13(17)5-9/h2-6,18-19H,7H2,1H3. The lowest BCUT2D eigenvalue weighted by Gasteiger charge is -2.09. The molecular formula is C14H12BrF2NO. The molecule has 0 spiro atoms. The van der Waals surface area contributed by atoms with Gasteiger partial charge in [-0.15, -0.1) is 0 Å². The smallest absolute Gasteiger partial charge is 0.187 e. The van der Waals surface area contributed by atoms with Crippen LogP contribution in [0, 0.1) is 18.6 Å². The molecule has 0 bridgehead atoms. The third kappa shape index (κ3) is 3.44. The summed E-state index contributed by atoms with van der Waals surface area (Å²) in [4.78, 5) is 0. The average molecular weight is 328 g/mol. The summed E-state index contributed by atoms with van der Waals surface area (Å²) < 4.78 is 27.3. The number of phenolic OH excluding ortho intramolecular Hbond substituents is 1. The van der Waals surface area contributed by atoms with Gasteiger partial charge in [0.15, 0.2) is 17.4 Å². The minimum Gasteiger partial charge on any atom is -0.503 e. The highest BCUT2D eigenvalue weighted by Crippen LogP contribution is 2.23. The first-order chi connectivity index (χ1) is 8.95. The van der Waals surface area contributed by atoms with Gasteiger partial charge in [-0.2, -0.15) is 0 Å². The van der Waals surface area contributed by atoms with E-state index in [1.807, 2.05) is 25.1 Å². The van der Waals surface area contributed by atoms with E-state index in [0.29, 0.717) is 5.56 Å². The van der Waals surface area contributed by atoms with Gasteiger partial charge >= 0.3 is 0 Å². The number of rotatable bonds is 3. The summed E-state index contributed by atoms with van der Waals surface area (Å²) in [6, 6.07) is 7.98. The molecule has 0 amide bonds. The molecule has 2 aromatic rings. The second-order valence-corrected chi connectivity index (χ2v) is 5.19. The largest absolute Gasteiger partial charge is 0.503 e. The Bertz CT molecular complexity index is 573. The molecule has 5 heteroatoms. The fourth-order valence-corrected chi connectivity index (χ4v) is 2.37. The first-order valence-corrected chi connectivity index (χ1v) is 6.43. The van der Waals surface area contributed by atoms with Crippen molar-refractivity contribution < 1.29 is 13.9 Å². The Kier molecular flexibility index (Phi) is 4.04. The molecule has 0 aliphatic rings. The molecule has 0 heterocycles. The number of hydrogen-bond donors (Lipinski definition) is 2. The topological polar surface area (TPSA) is 32.3 Å².